The number of carbonyl (C=O) groups excluding carboxylic acids is 1. The predicted molar refractivity (Wildman–Crippen MR) is 101 cm³/mol. The van der Waals surface area contributed by atoms with Crippen LogP contribution in [0.25, 0.3) is 5.00 Å². The summed E-state index contributed by atoms with van der Waals surface area (Å²) < 4.78 is 12.1. The Morgan fingerprint density at radius 1 is 1.19 bits per heavy atom. The highest BCUT2D eigenvalue weighted by Crippen LogP contribution is 2.37. The molecule has 8 nitrogen and oxygen atoms in total. The van der Waals surface area contributed by atoms with E-state index in [2.05, 4.69) is 20.8 Å². The SMILES string of the molecule is COc1ccc(NC(=O)c2c(-n3cnnn3)sc3c2CCCC3)cc1OC. The monoisotopic (exact) mass is 385 g/mol. The minimum absolute atomic E-state index is 0.174. The van der Waals surface area contributed by atoms with E-state index in [1.54, 1.807) is 48.4 Å². The number of amides is 1. The van der Waals surface area contributed by atoms with Crippen molar-refractivity contribution in [2.75, 3.05) is 19.5 Å². The summed E-state index contributed by atoms with van der Waals surface area (Å²) in [5.74, 6) is 0.994. The van der Waals surface area contributed by atoms with Gasteiger partial charge in [-0.3, -0.25) is 4.79 Å². The number of fused-ring (bicyclic) bond motifs is 1. The molecule has 0 fully saturated rings. The van der Waals surface area contributed by atoms with Gasteiger partial charge in [0, 0.05) is 16.6 Å². The number of nitrogens with zero attached hydrogens (tertiary/aromatic N) is 4. The van der Waals surface area contributed by atoms with Gasteiger partial charge >= 0.3 is 0 Å². The van der Waals surface area contributed by atoms with Crippen LogP contribution in [-0.4, -0.2) is 40.3 Å². The van der Waals surface area contributed by atoms with E-state index in [0.717, 1.165) is 36.2 Å². The zero-order valence-electron chi connectivity index (χ0n) is 15.1. The highest BCUT2D eigenvalue weighted by molar-refractivity contribution is 7.15. The number of hydrogen-bond acceptors (Lipinski definition) is 7. The normalized spacial score (nSPS) is 13.1. The molecule has 2 heterocycles. The van der Waals surface area contributed by atoms with Crippen LogP contribution >= 0.6 is 11.3 Å². The zero-order valence-corrected chi connectivity index (χ0v) is 15.9. The van der Waals surface area contributed by atoms with Crippen LogP contribution in [0.5, 0.6) is 11.5 Å². The van der Waals surface area contributed by atoms with E-state index in [1.807, 2.05) is 0 Å². The molecule has 1 amide bonds. The fourth-order valence-electron chi connectivity index (χ4n) is 3.31. The second-order valence-electron chi connectivity index (χ2n) is 6.17. The van der Waals surface area contributed by atoms with Gasteiger partial charge in [-0.2, -0.15) is 4.68 Å². The molecule has 0 unspecified atom stereocenters. The van der Waals surface area contributed by atoms with Crippen LogP contribution in [0.15, 0.2) is 24.5 Å². The molecular weight excluding hydrogens is 366 g/mol. The van der Waals surface area contributed by atoms with Gasteiger partial charge in [-0.15, -0.1) is 16.4 Å². The molecule has 0 saturated heterocycles. The fourth-order valence-corrected chi connectivity index (χ4v) is 4.61. The van der Waals surface area contributed by atoms with Crippen molar-refractivity contribution in [1.82, 2.24) is 20.2 Å². The van der Waals surface area contributed by atoms with Gasteiger partial charge in [0.25, 0.3) is 5.91 Å². The molecule has 0 saturated carbocycles. The quantitative estimate of drug-likeness (QED) is 0.726. The van der Waals surface area contributed by atoms with Gasteiger partial charge in [0.2, 0.25) is 0 Å². The standard InChI is InChI=1S/C18H19N5O3S/c1-25-13-8-7-11(9-14(13)26-2)20-17(24)16-12-5-3-4-6-15(12)27-18(16)23-10-19-21-22-23/h7-10H,3-6H2,1-2H3,(H,20,24). The second-order valence-corrected chi connectivity index (χ2v) is 7.25. The molecule has 1 aliphatic carbocycles. The van der Waals surface area contributed by atoms with Crippen LogP contribution in [-0.2, 0) is 12.8 Å². The lowest BCUT2D eigenvalue weighted by Crippen LogP contribution is -2.17. The summed E-state index contributed by atoms with van der Waals surface area (Å²) in [4.78, 5) is 14.4. The summed E-state index contributed by atoms with van der Waals surface area (Å²) in [6, 6.07) is 5.29. The zero-order chi connectivity index (χ0) is 18.8. The largest absolute Gasteiger partial charge is 0.493 e. The first kappa shape index (κ1) is 17.5. The summed E-state index contributed by atoms with van der Waals surface area (Å²) in [6.07, 6.45) is 5.61. The van der Waals surface area contributed by atoms with E-state index >= 15 is 0 Å². The summed E-state index contributed by atoms with van der Waals surface area (Å²) >= 11 is 1.59. The Balaban J connectivity index is 1.70. The molecule has 0 spiro atoms. The highest BCUT2D eigenvalue weighted by atomic mass is 32.1. The Morgan fingerprint density at radius 3 is 2.74 bits per heavy atom. The number of benzene rings is 1. The lowest BCUT2D eigenvalue weighted by atomic mass is 9.95. The van der Waals surface area contributed by atoms with E-state index in [1.165, 1.54) is 11.2 Å². The van der Waals surface area contributed by atoms with Gasteiger partial charge in [0.1, 0.15) is 11.3 Å². The van der Waals surface area contributed by atoms with E-state index in [9.17, 15) is 4.79 Å². The molecule has 0 aliphatic heterocycles. The number of methoxy groups -OCH3 is 2. The van der Waals surface area contributed by atoms with E-state index in [-0.39, 0.29) is 5.91 Å². The summed E-state index contributed by atoms with van der Waals surface area (Å²) in [6.45, 7) is 0. The lowest BCUT2D eigenvalue weighted by molar-refractivity contribution is 0.102. The fraction of sp³-hybridized carbons (Fsp3) is 0.333. The molecular formula is C18H19N5O3S. The van der Waals surface area contributed by atoms with Gasteiger partial charge in [0.15, 0.2) is 11.5 Å². The number of ether oxygens (including phenoxy) is 2. The average molecular weight is 385 g/mol. The average Bonchev–Trinajstić information content (AvgIpc) is 3.35. The number of anilines is 1. The third kappa shape index (κ3) is 3.25. The Labute approximate surface area is 160 Å². The smallest absolute Gasteiger partial charge is 0.259 e. The van der Waals surface area contributed by atoms with Gasteiger partial charge in [0.05, 0.1) is 19.8 Å². The maximum Gasteiger partial charge on any atom is 0.259 e. The molecule has 0 atom stereocenters. The Bertz CT molecular complexity index is 968. The first-order chi connectivity index (χ1) is 13.2. The van der Waals surface area contributed by atoms with Gasteiger partial charge < -0.3 is 14.8 Å². The molecule has 4 rings (SSSR count). The van der Waals surface area contributed by atoms with Crippen molar-refractivity contribution in [1.29, 1.82) is 0 Å². The van der Waals surface area contributed by atoms with Crippen molar-refractivity contribution in [3.63, 3.8) is 0 Å². The van der Waals surface area contributed by atoms with Crippen molar-refractivity contribution in [2.24, 2.45) is 0 Å². The van der Waals surface area contributed by atoms with Crippen molar-refractivity contribution >= 4 is 22.9 Å². The van der Waals surface area contributed by atoms with Gasteiger partial charge in [-0.05, 0) is 53.8 Å². The summed E-state index contributed by atoms with van der Waals surface area (Å²) in [7, 11) is 3.14. The third-order valence-corrected chi connectivity index (χ3v) is 5.86. The number of aromatic nitrogens is 4. The Kier molecular flexibility index (Phi) is 4.76. The van der Waals surface area contributed by atoms with Crippen molar-refractivity contribution in [3.8, 4) is 16.5 Å². The number of tetrazole rings is 1. The maximum atomic E-state index is 13.2. The molecule has 0 radical (unpaired) electrons. The van der Waals surface area contributed by atoms with Crippen LogP contribution in [0.4, 0.5) is 5.69 Å². The maximum absolute atomic E-state index is 13.2. The predicted octanol–water partition coefficient (Wildman–Crippen LogP) is 2.87. The van der Waals surface area contributed by atoms with Crippen LogP contribution in [0, 0.1) is 0 Å². The minimum Gasteiger partial charge on any atom is -0.493 e. The molecule has 3 aromatic rings. The number of hydrogen-bond donors (Lipinski definition) is 1. The molecule has 9 heteroatoms. The van der Waals surface area contributed by atoms with Crippen LogP contribution in [0.1, 0.15) is 33.6 Å². The van der Waals surface area contributed by atoms with Crippen molar-refractivity contribution < 1.29 is 14.3 Å². The molecule has 0 bridgehead atoms. The van der Waals surface area contributed by atoms with E-state index in [4.69, 9.17) is 9.47 Å². The first-order valence-electron chi connectivity index (χ1n) is 8.62. The van der Waals surface area contributed by atoms with Crippen LogP contribution < -0.4 is 14.8 Å². The van der Waals surface area contributed by atoms with E-state index < -0.39 is 0 Å². The highest BCUT2D eigenvalue weighted by Gasteiger charge is 2.27. The number of carbonyl (C=O) groups is 1. The number of nitrogens with one attached hydrogen (secondary N) is 1. The summed E-state index contributed by atoms with van der Waals surface area (Å²) in [5, 5.41) is 15.1. The van der Waals surface area contributed by atoms with Gasteiger partial charge in [-0.1, -0.05) is 0 Å². The number of rotatable bonds is 5. The number of thiophene rings is 1. The van der Waals surface area contributed by atoms with Crippen LogP contribution in [0.3, 0.4) is 0 Å². The lowest BCUT2D eigenvalue weighted by Gasteiger charge is -2.14. The molecule has 27 heavy (non-hydrogen) atoms. The van der Waals surface area contributed by atoms with E-state index in [0.29, 0.717) is 22.7 Å². The Morgan fingerprint density at radius 2 is 2.00 bits per heavy atom. The third-order valence-electron chi connectivity index (χ3n) is 4.58. The molecule has 1 aliphatic rings. The topological polar surface area (TPSA) is 91.2 Å². The van der Waals surface area contributed by atoms with Crippen molar-refractivity contribution in [2.45, 2.75) is 25.7 Å². The second kappa shape index (κ2) is 7.36. The van der Waals surface area contributed by atoms with Gasteiger partial charge in [-0.25, -0.2) is 0 Å². The van der Waals surface area contributed by atoms with Crippen molar-refractivity contribution in [3.05, 3.63) is 40.5 Å². The minimum atomic E-state index is -0.174. The molecule has 2 aromatic heterocycles. The van der Waals surface area contributed by atoms with Crippen LogP contribution in [0.2, 0.25) is 0 Å². The number of aryl methyl sites for hydroxylation is 1. The molecule has 140 valence electrons. The first-order valence-corrected chi connectivity index (χ1v) is 9.44. The Hall–Kier alpha value is -2.94. The summed E-state index contributed by atoms with van der Waals surface area (Å²) in [5.41, 5.74) is 2.39. The molecule has 1 N–H and O–H groups in total. The molecule has 1 aromatic carbocycles.